The highest BCUT2D eigenvalue weighted by molar-refractivity contribution is 9.10. The van der Waals surface area contributed by atoms with Gasteiger partial charge in [0, 0.05) is 80.7 Å². The first-order valence-corrected chi connectivity index (χ1v) is 15.3. The number of hydrogen-bond donors (Lipinski definition) is 2. The minimum Gasteiger partial charge on any atom is -0.494 e. The Labute approximate surface area is 255 Å². The number of piperazine rings is 1. The fourth-order valence-corrected chi connectivity index (χ4v) is 6.33. The molecule has 2 aliphatic heterocycles. The van der Waals surface area contributed by atoms with Crippen molar-refractivity contribution >= 4 is 38.9 Å². The van der Waals surface area contributed by atoms with Gasteiger partial charge in [0.25, 0.3) is 0 Å². The Balaban J connectivity index is 1.18. The van der Waals surface area contributed by atoms with Gasteiger partial charge in [-0.1, -0.05) is 18.2 Å². The van der Waals surface area contributed by atoms with Gasteiger partial charge in [-0.15, -0.1) is 0 Å². The number of para-hydroxylation sites is 1. The van der Waals surface area contributed by atoms with Crippen LogP contribution in [0.3, 0.4) is 0 Å². The number of methoxy groups -OCH3 is 1. The van der Waals surface area contributed by atoms with Crippen LogP contribution >= 0.6 is 15.9 Å². The van der Waals surface area contributed by atoms with E-state index >= 15 is 0 Å². The second-order valence-electron chi connectivity index (χ2n) is 11.1. The number of aromatic nitrogens is 4. The summed E-state index contributed by atoms with van der Waals surface area (Å²) in [5, 5.41) is 8.10. The van der Waals surface area contributed by atoms with E-state index in [-0.39, 0.29) is 0 Å². The lowest BCUT2D eigenvalue weighted by atomic mass is 10.0. The van der Waals surface area contributed by atoms with Gasteiger partial charge < -0.3 is 25.6 Å². The summed E-state index contributed by atoms with van der Waals surface area (Å²) in [4.78, 5) is 16.9. The predicted molar refractivity (Wildman–Crippen MR) is 172 cm³/mol. The van der Waals surface area contributed by atoms with Gasteiger partial charge in [-0.3, -0.25) is 4.90 Å². The van der Waals surface area contributed by atoms with Gasteiger partial charge in [0.15, 0.2) is 5.82 Å². The Kier molecular flexibility index (Phi) is 8.32. The predicted octanol–water partition coefficient (Wildman–Crippen LogP) is 4.95. The summed E-state index contributed by atoms with van der Waals surface area (Å²) in [6.45, 7) is 8.94. The zero-order chi connectivity index (χ0) is 29.2. The van der Waals surface area contributed by atoms with E-state index in [1.54, 1.807) is 18.0 Å². The molecule has 0 aliphatic carbocycles. The Morgan fingerprint density at radius 1 is 1.02 bits per heavy atom. The van der Waals surface area contributed by atoms with Gasteiger partial charge in [0.05, 0.1) is 23.0 Å². The number of nitrogen functional groups attached to an aromatic ring is 1. The molecule has 2 aromatic heterocycles. The Morgan fingerprint density at radius 3 is 2.52 bits per heavy atom. The van der Waals surface area contributed by atoms with Crippen LogP contribution in [0.2, 0.25) is 0 Å². The summed E-state index contributed by atoms with van der Waals surface area (Å²) < 4.78 is 8.28. The van der Waals surface area contributed by atoms with E-state index in [4.69, 9.17) is 20.6 Å². The fraction of sp³-hybridized carbons (Fsp3) is 0.387. The average molecular weight is 633 g/mol. The third-order valence-corrected chi connectivity index (χ3v) is 8.95. The number of aryl methyl sites for hydroxylation is 1. The molecule has 0 atom stereocenters. The van der Waals surface area contributed by atoms with Crippen molar-refractivity contribution in [3.8, 4) is 22.8 Å². The summed E-state index contributed by atoms with van der Waals surface area (Å²) in [5.74, 6) is 1.82. The minimum absolute atomic E-state index is 0.447. The van der Waals surface area contributed by atoms with E-state index in [9.17, 15) is 0 Å². The van der Waals surface area contributed by atoms with Crippen LogP contribution in [0.4, 0.5) is 23.0 Å². The molecule has 3 N–H and O–H groups in total. The Morgan fingerprint density at radius 2 is 1.79 bits per heavy atom. The molecule has 220 valence electrons. The van der Waals surface area contributed by atoms with E-state index in [2.05, 4.69) is 67.0 Å². The monoisotopic (exact) mass is 631 g/mol. The molecule has 11 heteroatoms. The first-order valence-electron chi connectivity index (χ1n) is 14.5. The molecule has 42 heavy (non-hydrogen) atoms. The van der Waals surface area contributed by atoms with Gasteiger partial charge in [-0.2, -0.15) is 10.1 Å². The lowest BCUT2D eigenvalue weighted by Gasteiger charge is -2.43. The van der Waals surface area contributed by atoms with Crippen molar-refractivity contribution in [3.63, 3.8) is 0 Å². The van der Waals surface area contributed by atoms with Gasteiger partial charge in [-0.05, 0) is 66.5 Å². The number of nitrogens with two attached hydrogens (primary N) is 1. The third-order valence-electron chi connectivity index (χ3n) is 8.39. The number of anilines is 4. The molecule has 10 nitrogen and oxygen atoms in total. The number of piperidine rings is 1. The van der Waals surface area contributed by atoms with E-state index in [1.807, 2.05) is 36.5 Å². The van der Waals surface area contributed by atoms with Crippen LogP contribution in [-0.2, 0) is 0 Å². The Bertz CT molecular complexity index is 1540. The van der Waals surface area contributed by atoms with Crippen molar-refractivity contribution in [1.82, 2.24) is 29.5 Å². The molecule has 2 fully saturated rings. The van der Waals surface area contributed by atoms with Crippen LogP contribution in [0.5, 0.6) is 5.75 Å². The molecular weight excluding hydrogens is 594 g/mol. The first-order chi connectivity index (χ1) is 20.4. The maximum absolute atomic E-state index is 6.17. The maximum Gasteiger partial charge on any atom is 0.229 e. The second kappa shape index (κ2) is 12.3. The SMILES string of the molecule is COc1cc(N2CCC(N3CCN(C)CC3)CC2)c(C)cc1Nc1ncc(Br)c(-n2ccc(-c3ccccc3N)n2)n1. The first kappa shape index (κ1) is 28.4. The fourth-order valence-electron chi connectivity index (χ4n) is 5.96. The molecule has 2 aliphatic rings. The topological polar surface area (TPSA) is 101 Å². The van der Waals surface area contributed by atoms with Crippen molar-refractivity contribution < 1.29 is 4.74 Å². The van der Waals surface area contributed by atoms with Crippen LogP contribution in [0.15, 0.2) is 59.3 Å². The molecule has 0 spiro atoms. The summed E-state index contributed by atoms with van der Waals surface area (Å²) in [6, 6.07) is 14.5. The number of nitrogens with one attached hydrogen (secondary N) is 1. The molecule has 0 radical (unpaired) electrons. The lowest BCUT2D eigenvalue weighted by Crippen LogP contribution is -2.52. The van der Waals surface area contributed by atoms with E-state index in [0.717, 1.165) is 40.3 Å². The lowest BCUT2D eigenvalue weighted by molar-refractivity contribution is 0.0982. The van der Waals surface area contributed by atoms with E-state index in [0.29, 0.717) is 23.5 Å². The summed E-state index contributed by atoms with van der Waals surface area (Å²) in [6.07, 6.45) is 5.96. The van der Waals surface area contributed by atoms with Gasteiger partial charge >= 0.3 is 0 Å². The molecule has 0 saturated carbocycles. The smallest absolute Gasteiger partial charge is 0.229 e. The summed E-state index contributed by atoms with van der Waals surface area (Å²) >= 11 is 3.58. The third kappa shape index (κ3) is 5.95. The van der Waals surface area contributed by atoms with Crippen molar-refractivity contribution in [2.75, 3.05) is 69.4 Å². The van der Waals surface area contributed by atoms with Crippen LogP contribution in [0.1, 0.15) is 18.4 Å². The van der Waals surface area contributed by atoms with Crippen molar-refractivity contribution in [1.29, 1.82) is 0 Å². The number of hydrogen-bond acceptors (Lipinski definition) is 9. The number of benzene rings is 2. The Hall–Kier alpha value is -3.67. The van der Waals surface area contributed by atoms with Crippen molar-refractivity contribution in [3.05, 3.63) is 64.9 Å². The van der Waals surface area contributed by atoms with Gasteiger partial charge in [-0.25, -0.2) is 9.67 Å². The number of rotatable bonds is 7. The van der Waals surface area contributed by atoms with Crippen LogP contribution in [0, 0.1) is 6.92 Å². The van der Waals surface area contributed by atoms with Crippen LogP contribution < -0.4 is 20.7 Å². The molecule has 4 aromatic rings. The van der Waals surface area contributed by atoms with Crippen LogP contribution in [0.25, 0.3) is 17.1 Å². The van der Waals surface area contributed by atoms with Crippen molar-refractivity contribution in [2.45, 2.75) is 25.8 Å². The molecule has 4 heterocycles. The molecule has 2 aromatic carbocycles. The minimum atomic E-state index is 0.447. The van der Waals surface area contributed by atoms with Crippen molar-refractivity contribution in [2.24, 2.45) is 0 Å². The standard InChI is InChI=1S/C31H38BrN9O/c1-21-18-27(29(42-3)19-28(21)40-11-8-22(9-12-40)39-16-14-38(2)15-17-39)35-31-34-20-24(32)30(36-31)41-13-10-26(37-41)23-6-4-5-7-25(23)33/h4-7,10,13,18-20,22H,8-9,11-12,14-17,33H2,1-3H3,(H,34,35,36). The maximum atomic E-state index is 6.17. The normalized spacial score (nSPS) is 17.0. The van der Waals surface area contributed by atoms with Gasteiger partial charge in [0.2, 0.25) is 5.95 Å². The number of halogens is 1. The molecule has 6 rings (SSSR count). The number of ether oxygens (including phenoxy) is 1. The highest BCUT2D eigenvalue weighted by Crippen LogP contribution is 2.36. The zero-order valence-corrected chi connectivity index (χ0v) is 26.0. The number of likely N-dealkylation sites (N-methyl/N-ethyl adjacent to an activating group) is 1. The molecule has 0 bridgehead atoms. The van der Waals surface area contributed by atoms with E-state index in [1.165, 1.54) is 50.3 Å². The largest absolute Gasteiger partial charge is 0.494 e. The molecule has 2 saturated heterocycles. The molecule has 0 unspecified atom stereocenters. The highest BCUT2D eigenvalue weighted by Gasteiger charge is 2.27. The zero-order valence-electron chi connectivity index (χ0n) is 24.4. The van der Waals surface area contributed by atoms with Crippen LogP contribution in [-0.4, -0.2) is 89.0 Å². The molecular formula is C31H38BrN9O. The summed E-state index contributed by atoms with van der Waals surface area (Å²) in [7, 11) is 3.92. The second-order valence-corrected chi connectivity index (χ2v) is 12.0. The summed E-state index contributed by atoms with van der Waals surface area (Å²) in [5.41, 5.74) is 11.7. The molecule has 0 amide bonds. The van der Waals surface area contributed by atoms with E-state index < -0.39 is 0 Å². The average Bonchev–Trinajstić information content (AvgIpc) is 3.49. The quantitative estimate of drug-likeness (QED) is 0.274. The highest BCUT2D eigenvalue weighted by atomic mass is 79.9. The van der Waals surface area contributed by atoms with Gasteiger partial charge in [0.1, 0.15) is 5.75 Å². The number of nitrogens with zero attached hydrogens (tertiary/aromatic N) is 7.